The Hall–Kier alpha value is -1.55. The Balaban J connectivity index is 2.73. The molecule has 0 saturated heterocycles. The van der Waals surface area contributed by atoms with Gasteiger partial charge in [0.25, 0.3) is 5.91 Å². The van der Waals surface area contributed by atoms with Gasteiger partial charge in [0.2, 0.25) is 0 Å². The topological polar surface area (TPSA) is 50.4 Å². The monoisotopic (exact) mass is 278 g/mol. The zero-order valence-electron chi connectivity index (χ0n) is 13.1. The predicted octanol–water partition coefficient (Wildman–Crippen LogP) is 3.05. The molecule has 0 bridgehead atoms. The number of benzene rings is 1. The van der Waals surface area contributed by atoms with Gasteiger partial charge in [0, 0.05) is 24.9 Å². The molecule has 0 spiro atoms. The Morgan fingerprint density at radius 1 is 1.30 bits per heavy atom. The van der Waals surface area contributed by atoms with Gasteiger partial charge >= 0.3 is 0 Å². The van der Waals surface area contributed by atoms with E-state index in [9.17, 15) is 4.79 Å². The molecule has 0 unspecified atom stereocenters. The van der Waals surface area contributed by atoms with Crippen LogP contribution in [0.4, 0.5) is 5.69 Å². The maximum absolute atomic E-state index is 12.3. The summed E-state index contributed by atoms with van der Waals surface area (Å²) in [7, 11) is 0. The number of anilines is 1. The van der Waals surface area contributed by atoms with Gasteiger partial charge in [-0.1, -0.05) is 12.1 Å². The Morgan fingerprint density at radius 2 is 1.95 bits per heavy atom. The molecule has 1 aromatic carbocycles. The van der Waals surface area contributed by atoms with Gasteiger partial charge in [-0.2, -0.15) is 0 Å². The lowest BCUT2D eigenvalue weighted by atomic mass is 10.1. The summed E-state index contributed by atoms with van der Waals surface area (Å²) in [6.07, 6.45) is 0. The van der Waals surface area contributed by atoms with Crippen molar-refractivity contribution in [3.8, 4) is 0 Å². The highest BCUT2D eigenvalue weighted by molar-refractivity contribution is 5.99. The van der Waals surface area contributed by atoms with Crippen molar-refractivity contribution in [1.82, 2.24) is 5.32 Å². The summed E-state index contributed by atoms with van der Waals surface area (Å²) in [5.41, 5.74) is 1.16. The number of nitrogens with one attached hydrogen (secondary N) is 2. The van der Waals surface area contributed by atoms with Gasteiger partial charge in [-0.05, 0) is 46.8 Å². The fourth-order valence-electron chi connectivity index (χ4n) is 1.95. The van der Waals surface area contributed by atoms with Crippen LogP contribution in [0.25, 0.3) is 0 Å². The quantitative estimate of drug-likeness (QED) is 0.806. The average molecular weight is 278 g/mol. The average Bonchev–Trinajstić information content (AvgIpc) is 2.36. The molecule has 1 rings (SSSR count). The number of carbonyl (C=O) groups is 1. The lowest BCUT2D eigenvalue weighted by molar-refractivity contribution is -0.00815. The van der Waals surface area contributed by atoms with E-state index < -0.39 is 0 Å². The highest BCUT2D eigenvalue weighted by Crippen LogP contribution is 2.16. The summed E-state index contributed by atoms with van der Waals surface area (Å²) in [6, 6.07) is 7.82. The first-order valence-corrected chi connectivity index (χ1v) is 7.13. The van der Waals surface area contributed by atoms with Crippen LogP contribution in [0.2, 0.25) is 0 Å². The Morgan fingerprint density at radius 3 is 2.55 bits per heavy atom. The van der Waals surface area contributed by atoms with Gasteiger partial charge in [-0.15, -0.1) is 0 Å². The summed E-state index contributed by atoms with van der Waals surface area (Å²) in [5, 5.41) is 6.22. The Kier molecular flexibility index (Phi) is 6.02. The molecule has 0 aliphatic rings. The third kappa shape index (κ3) is 5.21. The van der Waals surface area contributed by atoms with Gasteiger partial charge in [0.1, 0.15) is 0 Å². The lowest BCUT2D eigenvalue weighted by Gasteiger charge is -2.25. The molecule has 2 N–H and O–H groups in total. The number of amides is 1. The van der Waals surface area contributed by atoms with E-state index in [1.54, 1.807) is 0 Å². The number of para-hydroxylation sites is 1. The zero-order valence-corrected chi connectivity index (χ0v) is 13.1. The Labute approximate surface area is 121 Å². The maximum atomic E-state index is 12.3. The minimum absolute atomic E-state index is 0.0819. The fourth-order valence-corrected chi connectivity index (χ4v) is 1.95. The van der Waals surface area contributed by atoms with E-state index in [1.807, 2.05) is 58.9 Å². The molecule has 0 fully saturated rings. The second-order valence-electron chi connectivity index (χ2n) is 5.72. The first-order chi connectivity index (χ1) is 9.35. The molecule has 112 valence electrons. The first-order valence-electron chi connectivity index (χ1n) is 7.13. The molecule has 20 heavy (non-hydrogen) atoms. The summed E-state index contributed by atoms with van der Waals surface area (Å²) < 4.78 is 5.58. The molecule has 0 aliphatic heterocycles. The van der Waals surface area contributed by atoms with Crippen LogP contribution < -0.4 is 10.6 Å². The highest BCUT2D eigenvalue weighted by atomic mass is 16.5. The molecule has 4 nitrogen and oxygen atoms in total. The third-order valence-electron chi connectivity index (χ3n) is 2.83. The van der Waals surface area contributed by atoms with Gasteiger partial charge in [-0.3, -0.25) is 4.79 Å². The van der Waals surface area contributed by atoms with Crippen molar-refractivity contribution in [2.24, 2.45) is 0 Å². The van der Waals surface area contributed by atoms with Crippen LogP contribution in [0.3, 0.4) is 0 Å². The number of hydrogen-bond donors (Lipinski definition) is 2. The minimum Gasteiger partial charge on any atom is -0.382 e. The molecule has 0 aliphatic carbocycles. The number of carbonyl (C=O) groups excluding carboxylic acids is 1. The smallest absolute Gasteiger partial charge is 0.253 e. The number of rotatable bonds is 7. The predicted molar refractivity (Wildman–Crippen MR) is 83.2 cm³/mol. The molecule has 4 heteroatoms. The van der Waals surface area contributed by atoms with Gasteiger partial charge in [0.05, 0.1) is 11.2 Å². The molecular formula is C16H26N2O2. The van der Waals surface area contributed by atoms with Crippen molar-refractivity contribution < 1.29 is 9.53 Å². The van der Waals surface area contributed by atoms with E-state index in [4.69, 9.17) is 4.74 Å². The first kappa shape index (κ1) is 16.5. The van der Waals surface area contributed by atoms with Crippen molar-refractivity contribution in [1.29, 1.82) is 0 Å². The van der Waals surface area contributed by atoms with Crippen molar-refractivity contribution >= 4 is 11.6 Å². The van der Waals surface area contributed by atoms with Crippen LogP contribution in [0.5, 0.6) is 0 Å². The lowest BCUT2D eigenvalue weighted by Crippen LogP contribution is -2.40. The second kappa shape index (κ2) is 7.29. The van der Waals surface area contributed by atoms with Crippen LogP contribution >= 0.6 is 0 Å². The maximum Gasteiger partial charge on any atom is 0.253 e. The fraction of sp³-hybridized carbons (Fsp3) is 0.562. The second-order valence-corrected chi connectivity index (χ2v) is 5.72. The van der Waals surface area contributed by atoms with E-state index in [-0.39, 0.29) is 17.6 Å². The van der Waals surface area contributed by atoms with Crippen LogP contribution in [0.15, 0.2) is 24.3 Å². The van der Waals surface area contributed by atoms with Crippen molar-refractivity contribution in [3.63, 3.8) is 0 Å². The molecule has 0 saturated carbocycles. The van der Waals surface area contributed by atoms with Crippen LogP contribution in [0.1, 0.15) is 45.0 Å². The molecule has 1 aromatic rings. The molecular weight excluding hydrogens is 252 g/mol. The van der Waals surface area contributed by atoms with Crippen molar-refractivity contribution in [2.75, 3.05) is 18.5 Å². The number of hydrogen-bond acceptors (Lipinski definition) is 3. The van der Waals surface area contributed by atoms with Crippen LogP contribution in [-0.4, -0.2) is 30.7 Å². The largest absolute Gasteiger partial charge is 0.382 e. The SMILES string of the molecule is CCOC(C)(C)CNC(=O)c1ccccc1NC(C)C. The molecule has 1 amide bonds. The van der Waals surface area contributed by atoms with E-state index in [0.29, 0.717) is 18.7 Å². The Bertz CT molecular complexity index is 442. The van der Waals surface area contributed by atoms with Gasteiger partial charge in [0.15, 0.2) is 0 Å². The van der Waals surface area contributed by atoms with Crippen LogP contribution in [0, 0.1) is 0 Å². The highest BCUT2D eigenvalue weighted by Gasteiger charge is 2.20. The van der Waals surface area contributed by atoms with Crippen LogP contribution in [-0.2, 0) is 4.74 Å². The third-order valence-corrected chi connectivity index (χ3v) is 2.83. The van der Waals surface area contributed by atoms with Crippen molar-refractivity contribution in [2.45, 2.75) is 46.3 Å². The van der Waals surface area contributed by atoms with Gasteiger partial charge < -0.3 is 15.4 Å². The normalized spacial score (nSPS) is 11.5. The van der Waals surface area contributed by atoms with Gasteiger partial charge in [-0.25, -0.2) is 0 Å². The van der Waals surface area contributed by atoms with E-state index in [1.165, 1.54) is 0 Å². The molecule has 0 heterocycles. The molecule has 0 aromatic heterocycles. The van der Waals surface area contributed by atoms with E-state index >= 15 is 0 Å². The minimum atomic E-state index is -0.356. The summed E-state index contributed by atoms with van der Waals surface area (Å²) >= 11 is 0. The van der Waals surface area contributed by atoms with E-state index in [2.05, 4.69) is 10.6 Å². The standard InChI is InChI=1S/C16H26N2O2/c1-6-20-16(4,5)11-17-15(19)13-9-7-8-10-14(13)18-12(2)3/h7-10,12,18H,6,11H2,1-5H3,(H,17,19). The number of ether oxygens (including phenoxy) is 1. The van der Waals surface area contributed by atoms with Crippen molar-refractivity contribution in [3.05, 3.63) is 29.8 Å². The summed E-state index contributed by atoms with van der Waals surface area (Å²) in [5.74, 6) is -0.0819. The van der Waals surface area contributed by atoms with E-state index in [0.717, 1.165) is 5.69 Å². The summed E-state index contributed by atoms with van der Waals surface area (Å²) in [6.45, 7) is 11.1. The summed E-state index contributed by atoms with van der Waals surface area (Å²) in [4.78, 5) is 12.3. The molecule has 0 radical (unpaired) electrons. The zero-order chi connectivity index (χ0) is 15.2. The molecule has 0 atom stereocenters.